The predicted octanol–water partition coefficient (Wildman–Crippen LogP) is 2.73. The zero-order valence-electron chi connectivity index (χ0n) is 8.97. The summed E-state index contributed by atoms with van der Waals surface area (Å²) in [5.41, 5.74) is 2.48. The summed E-state index contributed by atoms with van der Waals surface area (Å²) in [5, 5.41) is 3.41. The quantitative estimate of drug-likeness (QED) is 0.892. The molecule has 1 rings (SSSR count). The van der Waals surface area contributed by atoms with E-state index in [-0.39, 0.29) is 0 Å². The number of nitrogens with one attached hydrogen (secondary N) is 1. The van der Waals surface area contributed by atoms with E-state index in [0.29, 0.717) is 0 Å². The van der Waals surface area contributed by atoms with Gasteiger partial charge >= 0.3 is 0 Å². The number of nitrogens with zero attached hydrogens (tertiary/aromatic N) is 1. The van der Waals surface area contributed by atoms with Gasteiger partial charge in [0.15, 0.2) is 0 Å². The summed E-state index contributed by atoms with van der Waals surface area (Å²) in [6.45, 7) is 4.14. The molecular formula is C11H17BrN2. The fraction of sp³-hybridized carbons (Fsp3) is 0.455. The molecule has 1 aromatic rings. The third-order valence-electron chi connectivity index (χ3n) is 2.14. The van der Waals surface area contributed by atoms with Crippen LogP contribution < -0.4 is 5.32 Å². The van der Waals surface area contributed by atoms with Crippen LogP contribution in [-0.2, 0) is 0 Å². The Morgan fingerprint density at radius 2 is 2.07 bits per heavy atom. The van der Waals surface area contributed by atoms with E-state index in [0.717, 1.165) is 17.6 Å². The van der Waals surface area contributed by atoms with Gasteiger partial charge in [0.05, 0.1) is 0 Å². The van der Waals surface area contributed by atoms with Crippen LogP contribution in [-0.4, -0.2) is 32.1 Å². The van der Waals surface area contributed by atoms with E-state index in [9.17, 15) is 0 Å². The number of rotatable bonds is 4. The van der Waals surface area contributed by atoms with Crippen molar-refractivity contribution in [2.24, 2.45) is 0 Å². The topological polar surface area (TPSA) is 15.3 Å². The van der Waals surface area contributed by atoms with Crippen LogP contribution in [0.5, 0.6) is 0 Å². The standard InChI is InChI=1S/C11H17BrN2/c1-9-10(12)5-4-6-11(9)13-7-8-14(2)3/h4-6,13H,7-8H2,1-3H3. The minimum absolute atomic E-state index is 0.976. The van der Waals surface area contributed by atoms with E-state index in [1.54, 1.807) is 0 Å². The molecule has 0 atom stereocenters. The minimum Gasteiger partial charge on any atom is -0.384 e. The number of hydrogen-bond donors (Lipinski definition) is 1. The second-order valence-electron chi connectivity index (χ2n) is 3.64. The van der Waals surface area contributed by atoms with Gasteiger partial charge in [0.1, 0.15) is 0 Å². The minimum atomic E-state index is 0.976. The van der Waals surface area contributed by atoms with Crippen LogP contribution in [0.25, 0.3) is 0 Å². The van der Waals surface area contributed by atoms with Crippen LogP contribution in [0.3, 0.4) is 0 Å². The molecule has 0 unspecified atom stereocenters. The first-order valence-electron chi connectivity index (χ1n) is 4.75. The van der Waals surface area contributed by atoms with Crippen molar-refractivity contribution in [1.29, 1.82) is 0 Å². The normalized spacial score (nSPS) is 10.6. The first kappa shape index (κ1) is 11.5. The number of anilines is 1. The van der Waals surface area contributed by atoms with Gasteiger partial charge < -0.3 is 10.2 Å². The molecular weight excluding hydrogens is 240 g/mol. The molecule has 0 radical (unpaired) electrons. The molecule has 1 aromatic carbocycles. The van der Waals surface area contributed by atoms with Crippen molar-refractivity contribution in [2.75, 3.05) is 32.5 Å². The first-order chi connectivity index (χ1) is 6.61. The van der Waals surface area contributed by atoms with Gasteiger partial charge in [-0.3, -0.25) is 0 Å². The molecule has 2 nitrogen and oxygen atoms in total. The lowest BCUT2D eigenvalue weighted by Crippen LogP contribution is -2.21. The summed E-state index contributed by atoms with van der Waals surface area (Å²) in [7, 11) is 4.16. The van der Waals surface area contributed by atoms with Crippen molar-refractivity contribution < 1.29 is 0 Å². The summed E-state index contributed by atoms with van der Waals surface area (Å²) in [6, 6.07) is 6.22. The fourth-order valence-corrected chi connectivity index (χ4v) is 1.58. The first-order valence-corrected chi connectivity index (χ1v) is 5.54. The Morgan fingerprint density at radius 1 is 1.36 bits per heavy atom. The van der Waals surface area contributed by atoms with Crippen LogP contribution in [0.2, 0.25) is 0 Å². The van der Waals surface area contributed by atoms with E-state index in [1.165, 1.54) is 11.3 Å². The molecule has 0 bridgehead atoms. The van der Waals surface area contributed by atoms with E-state index in [2.05, 4.69) is 65.4 Å². The van der Waals surface area contributed by atoms with E-state index in [4.69, 9.17) is 0 Å². The van der Waals surface area contributed by atoms with Crippen LogP contribution in [0, 0.1) is 6.92 Å². The van der Waals surface area contributed by atoms with E-state index in [1.807, 2.05) is 0 Å². The smallest absolute Gasteiger partial charge is 0.0381 e. The van der Waals surface area contributed by atoms with Crippen molar-refractivity contribution in [1.82, 2.24) is 4.90 Å². The fourth-order valence-electron chi connectivity index (χ4n) is 1.21. The summed E-state index contributed by atoms with van der Waals surface area (Å²) < 4.78 is 1.16. The summed E-state index contributed by atoms with van der Waals surface area (Å²) >= 11 is 3.52. The highest BCUT2D eigenvalue weighted by molar-refractivity contribution is 9.10. The number of likely N-dealkylation sites (N-methyl/N-ethyl adjacent to an activating group) is 1. The van der Waals surface area contributed by atoms with E-state index >= 15 is 0 Å². The number of benzene rings is 1. The van der Waals surface area contributed by atoms with Crippen LogP contribution >= 0.6 is 15.9 Å². The molecule has 0 amide bonds. The predicted molar refractivity (Wildman–Crippen MR) is 65.9 cm³/mol. The molecule has 0 aliphatic rings. The van der Waals surface area contributed by atoms with Gasteiger partial charge in [0.2, 0.25) is 0 Å². The Bertz CT molecular complexity index is 297. The lowest BCUT2D eigenvalue weighted by molar-refractivity contribution is 0.425. The van der Waals surface area contributed by atoms with Gasteiger partial charge in [0, 0.05) is 23.2 Å². The second-order valence-corrected chi connectivity index (χ2v) is 4.50. The molecule has 0 spiro atoms. The Hall–Kier alpha value is -0.540. The third-order valence-corrected chi connectivity index (χ3v) is 3.00. The summed E-state index contributed by atoms with van der Waals surface area (Å²) in [5.74, 6) is 0. The number of halogens is 1. The highest BCUT2D eigenvalue weighted by atomic mass is 79.9. The maximum absolute atomic E-state index is 3.52. The van der Waals surface area contributed by atoms with Crippen molar-refractivity contribution >= 4 is 21.6 Å². The van der Waals surface area contributed by atoms with Gasteiger partial charge in [-0.05, 0) is 38.7 Å². The lowest BCUT2D eigenvalue weighted by atomic mass is 10.2. The number of hydrogen-bond acceptors (Lipinski definition) is 2. The highest BCUT2D eigenvalue weighted by Gasteiger charge is 2.00. The molecule has 14 heavy (non-hydrogen) atoms. The van der Waals surface area contributed by atoms with Gasteiger partial charge in [-0.25, -0.2) is 0 Å². The van der Waals surface area contributed by atoms with Gasteiger partial charge in [-0.15, -0.1) is 0 Å². The van der Waals surface area contributed by atoms with Crippen molar-refractivity contribution in [3.8, 4) is 0 Å². The summed E-state index contributed by atoms with van der Waals surface area (Å²) in [4.78, 5) is 2.17. The average Bonchev–Trinajstić information content (AvgIpc) is 2.12. The largest absolute Gasteiger partial charge is 0.384 e. The Morgan fingerprint density at radius 3 is 2.71 bits per heavy atom. The molecule has 3 heteroatoms. The monoisotopic (exact) mass is 256 g/mol. The molecule has 78 valence electrons. The van der Waals surface area contributed by atoms with Crippen LogP contribution in [0.4, 0.5) is 5.69 Å². The third kappa shape index (κ3) is 3.31. The van der Waals surface area contributed by atoms with E-state index < -0.39 is 0 Å². The Kier molecular flexibility index (Phi) is 4.42. The SMILES string of the molecule is Cc1c(Br)cccc1NCCN(C)C. The van der Waals surface area contributed by atoms with Crippen molar-refractivity contribution in [2.45, 2.75) is 6.92 Å². The highest BCUT2D eigenvalue weighted by Crippen LogP contribution is 2.22. The zero-order valence-corrected chi connectivity index (χ0v) is 10.6. The average molecular weight is 257 g/mol. The molecule has 0 aromatic heterocycles. The van der Waals surface area contributed by atoms with Gasteiger partial charge in [0.25, 0.3) is 0 Å². The lowest BCUT2D eigenvalue weighted by Gasteiger charge is -2.13. The zero-order chi connectivity index (χ0) is 10.6. The second kappa shape index (κ2) is 5.37. The molecule has 0 fully saturated rings. The van der Waals surface area contributed by atoms with Gasteiger partial charge in [-0.2, -0.15) is 0 Å². The summed E-state index contributed by atoms with van der Waals surface area (Å²) in [6.07, 6.45) is 0. The molecule has 0 saturated heterocycles. The molecule has 0 aliphatic carbocycles. The van der Waals surface area contributed by atoms with Crippen molar-refractivity contribution in [3.05, 3.63) is 28.2 Å². The van der Waals surface area contributed by atoms with Gasteiger partial charge in [-0.1, -0.05) is 22.0 Å². The van der Waals surface area contributed by atoms with Crippen LogP contribution in [0.15, 0.2) is 22.7 Å². The Balaban J connectivity index is 2.54. The molecule has 0 heterocycles. The molecule has 0 saturated carbocycles. The molecule has 0 aliphatic heterocycles. The maximum atomic E-state index is 3.52. The maximum Gasteiger partial charge on any atom is 0.0381 e. The molecule has 1 N–H and O–H groups in total. The Labute approximate surface area is 94.4 Å². The van der Waals surface area contributed by atoms with Crippen molar-refractivity contribution in [3.63, 3.8) is 0 Å². The van der Waals surface area contributed by atoms with Crippen LogP contribution in [0.1, 0.15) is 5.56 Å².